The van der Waals surface area contributed by atoms with Gasteiger partial charge in [0.25, 0.3) is 0 Å². The van der Waals surface area contributed by atoms with Gasteiger partial charge >= 0.3 is 0 Å². The molecule has 0 radical (unpaired) electrons. The van der Waals surface area contributed by atoms with Crippen LogP contribution in [0.5, 0.6) is 0 Å². The van der Waals surface area contributed by atoms with Crippen LogP contribution in [0.4, 0.5) is 5.69 Å². The SMILES string of the molecule is CCC(=O)Nc1cc(C)cn2cc(-c3ccc(-c4ccccc4)cc3)nc12. The first-order valence-electron chi connectivity index (χ1n) is 9.09. The highest BCUT2D eigenvalue weighted by molar-refractivity contribution is 5.94. The van der Waals surface area contributed by atoms with Crippen molar-refractivity contribution in [1.29, 1.82) is 0 Å². The third kappa shape index (κ3) is 3.47. The van der Waals surface area contributed by atoms with Gasteiger partial charge in [0.05, 0.1) is 11.4 Å². The predicted octanol–water partition coefficient (Wildman–Crippen LogP) is 5.33. The normalized spacial score (nSPS) is 10.9. The first-order valence-corrected chi connectivity index (χ1v) is 9.09. The van der Waals surface area contributed by atoms with E-state index < -0.39 is 0 Å². The molecule has 2 aromatic carbocycles. The fourth-order valence-electron chi connectivity index (χ4n) is 3.17. The molecule has 0 aliphatic carbocycles. The van der Waals surface area contributed by atoms with E-state index in [0.29, 0.717) is 6.42 Å². The maximum Gasteiger partial charge on any atom is 0.224 e. The summed E-state index contributed by atoms with van der Waals surface area (Å²) in [6.07, 6.45) is 4.46. The Morgan fingerprint density at radius 2 is 1.63 bits per heavy atom. The molecule has 2 aromatic heterocycles. The van der Waals surface area contributed by atoms with Crippen LogP contribution in [-0.2, 0) is 4.79 Å². The Balaban J connectivity index is 1.72. The number of benzene rings is 2. The number of pyridine rings is 1. The van der Waals surface area contributed by atoms with Gasteiger partial charge in [-0.15, -0.1) is 0 Å². The Kier molecular flexibility index (Phi) is 4.47. The van der Waals surface area contributed by atoms with Crippen LogP contribution in [0.3, 0.4) is 0 Å². The molecule has 27 heavy (non-hydrogen) atoms. The van der Waals surface area contributed by atoms with Gasteiger partial charge in [-0.3, -0.25) is 4.79 Å². The number of aromatic nitrogens is 2. The van der Waals surface area contributed by atoms with E-state index in [0.717, 1.165) is 28.2 Å². The second kappa shape index (κ2) is 7.08. The molecule has 0 fully saturated rings. The summed E-state index contributed by atoms with van der Waals surface area (Å²) in [4.78, 5) is 16.6. The van der Waals surface area contributed by atoms with Gasteiger partial charge in [-0.2, -0.15) is 0 Å². The molecule has 4 nitrogen and oxygen atoms in total. The molecule has 4 aromatic rings. The average Bonchev–Trinajstić information content (AvgIpc) is 3.13. The zero-order valence-electron chi connectivity index (χ0n) is 15.4. The van der Waals surface area contributed by atoms with Crippen molar-refractivity contribution in [2.24, 2.45) is 0 Å². The fraction of sp³-hybridized carbons (Fsp3) is 0.130. The molecule has 0 saturated heterocycles. The maximum absolute atomic E-state index is 11.8. The van der Waals surface area contributed by atoms with Gasteiger partial charge in [0.1, 0.15) is 0 Å². The number of carbonyl (C=O) groups excluding carboxylic acids is 1. The molecule has 0 atom stereocenters. The number of amides is 1. The summed E-state index contributed by atoms with van der Waals surface area (Å²) in [5.74, 6) is -0.0146. The Hall–Kier alpha value is -3.40. The number of hydrogen-bond donors (Lipinski definition) is 1. The minimum atomic E-state index is -0.0146. The van der Waals surface area contributed by atoms with Crippen molar-refractivity contribution >= 4 is 17.2 Å². The number of anilines is 1. The van der Waals surface area contributed by atoms with E-state index in [-0.39, 0.29) is 5.91 Å². The maximum atomic E-state index is 11.8. The van der Waals surface area contributed by atoms with Gasteiger partial charge in [-0.25, -0.2) is 4.98 Å². The number of carbonyl (C=O) groups is 1. The van der Waals surface area contributed by atoms with Crippen LogP contribution in [0, 0.1) is 6.92 Å². The van der Waals surface area contributed by atoms with Crippen molar-refractivity contribution in [3.8, 4) is 22.4 Å². The topological polar surface area (TPSA) is 46.4 Å². The second-order valence-electron chi connectivity index (χ2n) is 6.63. The number of hydrogen-bond acceptors (Lipinski definition) is 2. The van der Waals surface area contributed by atoms with Gasteiger partial charge in [0.2, 0.25) is 5.91 Å². The van der Waals surface area contributed by atoms with Crippen LogP contribution in [0.1, 0.15) is 18.9 Å². The molecule has 4 heteroatoms. The minimum absolute atomic E-state index is 0.0146. The number of rotatable bonds is 4. The van der Waals surface area contributed by atoms with E-state index in [4.69, 9.17) is 4.98 Å². The lowest BCUT2D eigenvalue weighted by atomic mass is 10.0. The molecular formula is C23H21N3O. The molecular weight excluding hydrogens is 334 g/mol. The Labute approximate surface area is 158 Å². The summed E-state index contributed by atoms with van der Waals surface area (Å²) in [6.45, 7) is 3.85. The summed E-state index contributed by atoms with van der Waals surface area (Å²) in [7, 11) is 0. The minimum Gasteiger partial charge on any atom is -0.323 e. The summed E-state index contributed by atoms with van der Waals surface area (Å²) in [6, 6.07) is 20.7. The highest BCUT2D eigenvalue weighted by atomic mass is 16.1. The third-order valence-corrected chi connectivity index (χ3v) is 4.57. The van der Waals surface area contributed by atoms with Gasteiger partial charge in [-0.05, 0) is 29.7 Å². The molecule has 0 bridgehead atoms. The lowest BCUT2D eigenvalue weighted by Gasteiger charge is -2.06. The van der Waals surface area contributed by atoms with Crippen molar-refractivity contribution in [2.75, 3.05) is 5.32 Å². The van der Waals surface area contributed by atoms with Crippen molar-refractivity contribution in [3.05, 3.63) is 78.6 Å². The number of fused-ring (bicyclic) bond motifs is 1. The molecule has 0 spiro atoms. The molecule has 0 aliphatic rings. The van der Waals surface area contributed by atoms with Crippen LogP contribution >= 0.6 is 0 Å². The lowest BCUT2D eigenvalue weighted by Crippen LogP contribution is -2.10. The zero-order chi connectivity index (χ0) is 18.8. The number of imidazole rings is 1. The monoisotopic (exact) mass is 355 g/mol. The average molecular weight is 355 g/mol. The van der Waals surface area contributed by atoms with Gasteiger partial charge in [0.15, 0.2) is 5.65 Å². The molecule has 4 rings (SSSR count). The first-order chi connectivity index (χ1) is 13.1. The smallest absolute Gasteiger partial charge is 0.224 e. The van der Waals surface area contributed by atoms with Crippen LogP contribution in [-0.4, -0.2) is 15.3 Å². The fourth-order valence-corrected chi connectivity index (χ4v) is 3.17. The van der Waals surface area contributed by atoms with Crippen LogP contribution in [0.2, 0.25) is 0 Å². The van der Waals surface area contributed by atoms with E-state index in [1.54, 1.807) is 0 Å². The van der Waals surface area contributed by atoms with E-state index >= 15 is 0 Å². The van der Waals surface area contributed by atoms with Crippen molar-refractivity contribution < 1.29 is 4.79 Å². The van der Waals surface area contributed by atoms with Crippen LogP contribution in [0.15, 0.2) is 73.1 Å². The predicted molar refractivity (Wildman–Crippen MR) is 110 cm³/mol. The van der Waals surface area contributed by atoms with Crippen molar-refractivity contribution in [3.63, 3.8) is 0 Å². The quantitative estimate of drug-likeness (QED) is 0.538. The number of nitrogens with one attached hydrogen (secondary N) is 1. The Morgan fingerprint density at radius 3 is 2.33 bits per heavy atom. The first kappa shape index (κ1) is 17.0. The summed E-state index contributed by atoms with van der Waals surface area (Å²) < 4.78 is 1.97. The van der Waals surface area contributed by atoms with Crippen molar-refractivity contribution in [2.45, 2.75) is 20.3 Å². The van der Waals surface area contributed by atoms with E-state index in [2.05, 4.69) is 41.7 Å². The second-order valence-corrected chi connectivity index (χ2v) is 6.63. The third-order valence-electron chi connectivity index (χ3n) is 4.57. The van der Waals surface area contributed by atoms with Gasteiger partial charge in [0, 0.05) is 24.4 Å². The van der Waals surface area contributed by atoms with Crippen LogP contribution < -0.4 is 5.32 Å². The largest absolute Gasteiger partial charge is 0.323 e. The van der Waals surface area contributed by atoms with Crippen LogP contribution in [0.25, 0.3) is 28.0 Å². The van der Waals surface area contributed by atoms with Crippen molar-refractivity contribution in [1.82, 2.24) is 9.38 Å². The molecule has 0 aliphatic heterocycles. The van der Waals surface area contributed by atoms with Gasteiger partial charge < -0.3 is 9.72 Å². The highest BCUT2D eigenvalue weighted by Crippen LogP contribution is 2.27. The standard InChI is InChI=1S/C23H21N3O/c1-3-22(27)24-20-13-16(2)14-26-15-21(25-23(20)26)19-11-9-18(10-12-19)17-7-5-4-6-8-17/h4-15H,3H2,1-2H3,(H,24,27). The molecule has 2 heterocycles. The van der Waals surface area contributed by atoms with Gasteiger partial charge in [-0.1, -0.05) is 61.5 Å². The Morgan fingerprint density at radius 1 is 0.963 bits per heavy atom. The Bertz CT molecular complexity index is 1100. The molecule has 0 saturated carbocycles. The summed E-state index contributed by atoms with van der Waals surface area (Å²) in [5, 5.41) is 2.95. The molecule has 0 unspecified atom stereocenters. The summed E-state index contributed by atoms with van der Waals surface area (Å²) >= 11 is 0. The summed E-state index contributed by atoms with van der Waals surface area (Å²) in [5.41, 5.74) is 6.86. The molecule has 1 N–H and O–H groups in total. The zero-order valence-corrected chi connectivity index (χ0v) is 15.4. The molecule has 134 valence electrons. The lowest BCUT2D eigenvalue weighted by molar-refractivity contribution is -0.115. The number of aryl methyl sites for hydroxylation is 1. The van der Waals surface area contributed by atoms with E-state index in [9.17, 15) is 4.79 Å². The van der Waals surface area contributed by atoms with E-state index in [1.165, 1.54) is 11.1 Å². The molecule has 1 amide bonds. The van der Waals surface area contributed by atoms with E-state index in [1.807, 2.05) is 54.9 Å². The number of nitrogens with zero attached hydrogens (tertiary/aromatic N) is 2. The highest BCUT2D eigenvalue weighted by Gasteiger charge is 2.11.